The van der Waals surface area contributed by atoms with Crippen LogP contribution in [-0.2, 0) is 0 Å². The van der Waals surface area contributed by atoms with Crippen molar-refractivity contribution < 1.29 is 0 Å². The zero-order chi connectivity index (χ0) is 12.9. The van der Waals surface area contributed by atoms with Crippen LogP contribution in [0.1, 0.15) is 0 Å². The van der Waals surface area contributed by atoms with E-state index in [9.17, 15) is 0 Å². The SMILES string of the molecule is [SiH4].c1ccc([SiH](c2ccccc2)c2ccccc2)cc1. The van der Waals surface area contributed by atoms with Gasteiger partial charge in [-0.15, -0.1) is 0 Å². The maximum atomic E-state index is 2.26. The van der Waals surface area contributed by atoms with E-state index in [1.165, 1.54) is 15.6 Å². The fourth-order valence-corrected chi connectivity index (χ4v) is 5.49. The van der Waals surface area contributed by atoms with E-state index in [1.54, 1.807) is 0 Å². The first-order valence-electron chi connectivity index (χ1n) is 6.60. The zero-order valence-corrected chi connectivity index (χ0v) is 11.9. The van der Waals surface area contributed by atoms with Gasteiger partial charge in [0.05, 0.1) is 0 Å². The zero-order valence-electron chi connectivity index (χ0n) is 10.7. The Kier molecular flexibility index (Phi) is 5.10. The van der Waals surface area contributed by atoms with Gasteiger partial charge >= 0.3 is 0 Å². The molecule has 20 heavy (non-hydrogen) atoms. The lowest BCUT2D eigenvalue weighted by Gasteiger charge is -2.16. The van der Waals surface area contributed by atoms with Gasteiger partial charge in [-0.05, 0) is 11.0 Å². The highest BCUT2D eigenvalue weighted by Gasteiger charge is 2.17. The summed E-state index contributed by atoms with van der Waals surface area (Å²) in [4.78, 5) is 0. The Labute approximate surface area is 126 Å². The van der Waals surface area contributed by atoms with Gasteiger partial charge in [0.1, 0.15) is 8.80 Å². The molecule has 0 atom stereocenters. The molecule has 0 saturated heterocycles. The molecule has 0 N–H and O–H groups in total. The first kappa shape index (κ1) is 14.5. The van der Waals surface area contributed by atoms with Gasteiger partial charge < -0.3 is 0 Å². The minimum atomic E-state index is -1.31. The minimum absolute atomic E-state index is 0. The lowest BCUT2D eigenvalue weighted by atomic mass is 10.3. The van der Waals surface area contributed by atoms with Gasteiger partial charge in [-0.25, -0.2) is 0 Å². The Morgan fingerprint density at radius 3 is 0.900 bits per heavy atom. The van der Waals surface area contributed by atoms with Crippen molar-refractivity contribution in [3.05, 3.63) is 91.0 Å². The van der Waals surface area contributed by atoms with Crippen molar-refractivity contribution in [2.45, 2.75) is 0 Å². The molecule has 0 aliphatic carbocycles. The van der Waals surface area contributed by atoms with Crippen LogP contribution in [0, 0.1) is 0 Å². The highest BCUT2D eigenvalue weighted by molar-refractivity contribution is 6.95. The number of rotatable bonds is 3. The van der Waals surface area contributed by atoms with E-state index >= 15 is 0 Å². The molecular formula is C18H20Si2. The second kappa shape index (κ2) is 7.03. The molecule has 0 aliphatic rings. The van der Waals surface area contributed by atoms with E-state index in [1.807, 2.05) is 0 Å². The maximum Gasteiger partial charge on any atom is 0.132 e. The number of benzene rings is 3. The van der Waals surface area contributed by atoms with Crippen molar-refractivity contribution in [2.24, 2.45) is 0 Å². The van der Waals surface area contributed by atoms with E-state index in [4.69, 9.17) is 0 Å². The smallest absolute Gasteiger partial charge is 0.0625 e. The second-order valence-electron chi connectivity index (χ2n) is 4.67. The van der Waals surface area contributed by atoms with Gasteiger partial charge in [-0.1, -0.05) is 107 Å². The van der Waals surface area contributed by atoms with Crippen molar-refractivity contribution in [1.82, 2.24) is 0 Å². The third kappa shape index (κ3) is 3.15. The predicted octanol–water partition coefficient (Wildman–Crippen LogP) is 0.483. The van der Waals surface area contributed by atoms with E-state index in [0.717, 1.165) is 0 Å². The minimum Gasteiger partial charge on any atom is -0.0625 e. The third-order valence-corrected chi connectivity index (χ3v) is 6.55. The Balaban J connectivity index is 0.00000147. The molecule has 0 saturated carbocycles. The second-order valence-corrected chi connectivity index (χ2v) is 7.53. The summed E-state index contributed by atoms with van der Waals surface area (Å²) >= 11 is 0. The van der Waals surface area contributed by atoms with Crippen molar-refractivity contribution >= 4 is 35.3 Å². The molecule has 0 nitrogen and oxygen atoms in total. The first-order valence-corrected chi connectivity index (χ1v) is 8.33. The molecule has 100 valence electrons. The van der Waals surface area contributed by atoms with Crippen LogP contribution >= 0.6 is 0 Å². The van der Waals surface area contributed by atoms with Crippen LogP contribution in [-0.4, -0.2) is 19.8 Å². The molecular weight excluding hydrogens is 272 g/mol. The standard InChI is InChI=1S/C18H16Si.H4Si/c1-4-10-16(11-5-1)19(17-12-6-2-7-13-17)18-14-8-3-9-15-18;/h1-15,19H;1H4. The van der Waals surface area contributed by atoms with E-state index in [0.29, 0.717) is 0 Å². The summed E-state index contributed by atoms with van der Waals surface area (Å²) in [6.45, 7) is 0. The fraction of sp³-hybridized carbons (Fsp3) is 0. The Bertz CT molecular complexity index is 527. The molecule has 0 unspecified atom stereocenters. The van der Waals surface area contributed by atoms with Gasteiger partial charge in [-0.3, -0.25) is 0 Å². The van der Waals surface area contributed by atoms with E-state index in [-0.39, 0.29) is 11.0 Å². The average Bonchev–Trinajstić information content (AvgIpc) is 2.51. The summed E-state index contributed by atoms with van der Waals surface area (Å²) in [5.41, 5.74) is 0. The van der Waals surface area contributed by atoms with Crippen molar-refractivity contribution in [1.29, 1.82) is 0 Å². The van der Waals surface area contributed by atoms with Crippen molar-refractivity contribution in [3.8, 4) is 0 Å². The Hall–Kier alpha value is -1.91. The van der Waals surface area contributed by atoms with E-state index in [2.05, 4.69) is 91.0 Å². The molecule has 0 radical (unpaired) electrons. The van der Waals surface area contributed by atoms with Crippen LogP contribution < -0.4 is 15.6 Å². The fourth-order valence-electron chi connectivity index (χ4n) is 2.51. The van der Waals surface area contributed by atoms with Crippen LogP contribution in [0.15, 0.2) is 91.0 Å². The Morgan fingerprint density at radius 1 is 0.400 bits per heavy atom. The predicted molar refractivity (Wildman–Crippen MR) is 96.7 cm³/mol. The van der Waals surface area contributed by atoms with Crippen LogP contribution in [0.5, 0.6) is 0 Å². The largest absolute Gasteiger partial charge is 0.132 e. The van der Waals surface area contributed by atoms with Crippen molar-refractivity contribution in [2.75, 3.05) is 0 Å². The van der Waals surface area contributed by atoms with Crippen molar-refractivity contribution in [3.63, 3.8) is 0 Å². The topological polar surface area (TPSA) is 0 Å². The van der Waals surface area contributed by atoms with Gasteiger partial charge in [0.2, 0.25) is 0 Å². The van der Waals surface area contributed by atoms with Crippen LogP contribution in [0.3, 0.4) is 0 Å². The summed E-state index contributed by atoms with van der Waals surface area (Å²) in [6, 6.07) is 32.7. The molecule has 2 heteroatoms. The normalized spacial score (nSPS) is 10.1. The average molecular weight is 293 g/mol. The molecule has 0 heterocycles. The molecule has 3 rings (SSSR count). The lowest BCUT2D eigenvalue weighted by Crippen LogP contribution is -2.51. The summed E-state index contributed by atoms with van der Waals surface area (Å²) in [5, 5.41) is 4.42. The molecule has 0 spiro atoms. The molecule has 0 aromatic heterocycles. The molecule has 0 fully saturated rings. The number of hydrogen-bond acceptors (Lipinski definition) is 0. The highest BCUT2D eigenvalue weighted by atomic mass is 28.3. The van der Waals surface area contributed by atoms with Gasteiger partial charge in [0.25, 0.3) is 0 Å². The highest BCUT2D eigenvalue weighted by Crippen LogP contribution is 1.95. The molecule has 3 aromatic rings. The summed E-state index contributed by atoms with van der Waals surface area (Å²) < 4.78 is 0. The third-order valence-electron chi connectivity index (χ3n) is 3.40. The maximum absolute atomic E-state index is 2.26. The Morgan fingerprint density at radius 2 is 0.650 bits per heavy atom. The van der Waals surface area contributed by atoms with E-state index < -0.39 is 8.80 Å². The molecule has 0 aliphatic heterocycles. The molecule has 3 aromatic carbocycles. The lowest BCUT2D eigenvalue weighted by molar-refractivity contribution is 1.71. The first-order chi connectivity index (χ1) is 9.45. The van der Waals surface area contributed by atoms with Gasteiger partial charge in [-0.2, -0.15) is 0 Å². The summed E-state index contributed by atoms with van der Waals surface area (Å²) in [5.74, 6) is 0. The monoisotopic (exact) mass is 292 g/mol. The summed E-state index contributed by atoms with van der Waals surface area (Å²) in [6.07, 6.45) is 0. The quantitative estimate of drug-likeness (QED) is 0.487. The molecule has 0 bridgehead atoms. The summed E-state index contributed by atoms with van der Waals surface area (Å²) in [7, 11) is -1.31. The molecule has 0 amide bonds. The van der Waals surface area contributed by atoms with Gasteiger partial charge in [0.15, 0.2) is 0 Å². The van der Waals surface area contributed by atoms with Crippen LogP contribution in [0.25, 0.3) is 0 Å². The number of hydrogen-bond donors (Lipinski definition) is 0. The van der Waals surface area contributed by atoms with Gasteiger partial charge in [0, 0.05) is 0 Å². The van der Waals surface area contributed by atoms with Crippen LogP contribution in [0.4, 0.5) is 0 Å². The van der Waals surface area contributed by atoms with Crippen LogP contribution in [0.2, 0.25) is 0 Å².